The number of nitrogens with two attached hydrogens (primary N) is 1. The first kappa shape index (κ1) is 12.8. The molecule has 2 rings (SSSR count). The van der Waals surface area contributed by atoms with Crippen LogP contribution in [-0.2, 0) is 4.79 Å². The van der Waals surface area contributed by atoms with Gasteiger partial charge in [0.2, 0.25) is 0 Å². The van der Waals surface area contributed by atoms with Crippen LogP contribution < -0.4 is 10.5 Å². The van der Waals surface area contributed by atoms with Crippen molar-refractivity contribution in [1.82, 2.24) is 0 Å². The molecule has 98 valence electrons. The normalized spacial score (nSPS) is 16.3. The molecule has 1 atom stereocenters. The van der Waals surface area contributed by atoms with E-state index in [1.165, 1.54) is 12.1 Å². The first-order valence-corrected chi connectivity index (χ1v) is 5.99. The number of ether oxygens (including phenoxy) is 1. The van der Waals surface area contributed by atoms with E-state index in [0.717, 1.165) is 12.8 Å². The van der Waals surface area contributed by atoms with Gasteiger partial charge >= 0.3 is 5.97 Å². The zero-order chi connectivity index (χ0) is 13.1. The average Bonchev–Trinajstić information content (AvgIpc) is 3.12. The molecule has 0 saturated heterocycles. The molecule has 1 fully saturated rings. The topological polar surface area (TPSA) is 72.6 Å². The minimum atomic E-state index is -0.911. The van der Waals surface area contributed by atoms with Crippen LogP contribution in [-0.4, -0.2) is 17.2 Å². The van der Waals surface area contributed by atoms with Crippen molar-refractivity contribution in [2.45, 2.75) is 37.8 Å². The second-order valence-corrected chi connectivity index (χ2v) is 4.54. The van der Waals surface area contributed by atoms with Crippen LogP contribution >= 0.6 is 0 Å². The predicted molar refractivity (Wildman–Crippen MR) is 63.8 cm³/mol. The van der Waals surface area contributed by atoms with E-state index in [0.29, 0.717) is 11.3 Å². The molecule has 1 aromatic rings. The summed E-state index contributed by atoms with van der Waals surface area (Å²) in [5.41, 5.74) is 6.44. The maximum atomic E-state index is 13.2. The largest absolute Gasteiger partial charge is 0.490 e. The molecule has 1 aliphatic rings. The second kappa shape index (κ2) is 5.35. The Morgan fingerprint density at radius 3 is 2.89 bits per heavy atom. The summed E-state index contributed by atoms with van der Waals surface area (Å²) in [7, 11) is 0. The van der Waals surface area contributed by atoms with E-state index < -0.39 is 12.0 Å². The fourth-order valence-corrected chi connectivity index (χ4v) is 1.72. The van der Waals surface area contributed by atoms with Gasteiger partial charge in [-0.1, -0.05) is 0 Å². The molecule has 0 heterocycles. The van der Waals surface area contributed by atoms with Gasteiger partial charge < -0.3 is 15.6 Å². The van der Waals surface area contributed by atoms with E-state index >= 15 is 0 Å². The van der Waals surface area contributed by atoms with Crippen molar-refractivity contribution in [1.29, 1.82) is 0 Å². The maximum Gasteiger partial charge on any atom is 0.303 e. The lowest BCUT2D eigenvalue weighted by atomic mass is 10.0. The average molecular weight is 253 g/mol. The van der Waals surface area contributed by atoms with E-state index in [2.05, 4.69) is 0 Å². The summed E-state index contributed by atoms with van der Waals surface area (Å²) in [6.07, 6.45) is 2.42. The third-order valence-electron chi connectivity index (χ3n) is 2.86. The van der Waals surface area contributed by atoms with Crippen molar-refractivity contribution in [3.8, 4) is 5.75 Å². The van der Waals surface area contributed by atoms with Crippen LogP contribution in [0, 0.1) is 5.82 Å². The molecule has 0 radical (unpaired) electrons. The van der Waals surface area contributed by atoms with Gasteiger partial charge in [0.1, 0.15) is 11.6 Å². The number of carbonyl (C=O) groups is 1. The quantitative estimate of drug-likeness (QED) is 0.815. The first-order chi connectivity index (χ1) is 8.56. The molecule has 0 bridgehead atoms. The second-order valence-electron chi connectivity index (χ2n) is 4.54. The van der Waals surface area contributed by atoms with Crippen LogP contribution in [0.15, 0.2) is 18.2 Å². The maximum absolute atomic E-state index is 13.2. The third-order valence-corrected chi connectivity index (χ3v) is 2.86. The van der Waals surface area contributed by atoms with Crippen molar-refractivity contribution in [2.24, 2.45) is 5.73 Å². The molecule has 0 spiro atoms. The van der Waals surface area contributed by atoms with E-state index in [9.17, 15) is 9.18 Å². The Morgan fingerprint density at radius 1 is 1.56 bits per heavy atom. The molecule has 1 unspecified atom stereocenters. The smallest absolute Gasteiger partial charge is 0.303 e. The van der Waals surface area contributed by atoms with Crippen LogP contribution in [0.1, 0.15) is 37.3 Å². The molecule has 1 saturated carbocycles. The van der Waals surface area contributed by atoms with Crippen molar-refractivity contribution in [2.75, 3.05) is 0 Å². The van der Waals surface area contributed by atoms with E-state index in [1.54, 1.807) is 6.07 Å². The lowest BCUT2D eigenvalue weighted by molar-refractivity contribution is -0.137. The Bertz CT molecular complexity index is 446. The van der Waals surface area contributed by atoms with Crippen molar-refractivity contribution >= 4 is 5.97 Å². The molecular formula is C13H16FNO3. The van der Waals surface area contributed by atoms with Gasteiger partial charge in [-0.2, -0.15) is 0 Å². The fraction of sp³-hybridized carbons (Fsp3) is 0.462. The molecule has 1 aromatic carbocycles. The van der Waals surface area contributed by atoms with Crippen LogP contribution in [0.2, 0.25) is 0 Å². The summed E-state index contributed by atoms with van der Waals surface area (Å²) < 4.78 is 18.9. The van der Waals surface area contributed by atoms with Gasteiger partial charge in [-0.05, 0) is 37.5 Å². The van der Waals surface area contributed by atoms with Crippen LogP contribution in [0.3, 0.4) is 0 Å². The highest BCUT2D eigenvalue weighted by atomic mass is 19.1. The van der Waals surface area contributed by atoms with Gasteiger partial charge in [0, 0.05) is 18.0 Å². The summed E-state index contributed by atoms with van der Waals surface area (Å²) >= 11 is 0. The first-order valence-electron chi connectivity index (χ1n) is 5.99. The van der Waals surface area contributed by atoms with E-state index in [-0.39, 0.29) is 24.8 Å². The van der Waals surface area contributed by atoms with Crippen LogP contribution in [0.4, 0.5) is 4.39 Å². The summed E-state index contributed by atoms with van der Waals surface area (Å²) in [4.78, 5) is 10.5. The van der Waals surface area contributed by atoms with Crippen LogP contribution in [0.25, 0.3) is 0 Å². The lowest BCUT2D eigenvalue weighted by Gasteiger charge is -2.16. The number of aliphatic carboxylic acids is 1. The van der Waals surface area contributed by atoms with E-state index in [1.807, 2.05) is 0 Å². The summed E-state index contributed by atoms with van der Waals surface area (Å²) in [6.45, 7) is 0. The highest BCUT2D eigenvalue weighted by molar-refractivity contribution is 5.66. The fourth-order valence-electron chi connectivity index (χ4n) is 1.72. The minimum absolute atomic E-state index is 0.0411. The molecule has 0 aromatic heterocycles. The highest BCUT2D eigenvalue weighted by Gasteiger charge is 2.25. The Morgan fingerprint density at radius 2 is 2.28 bits per heavy atom. The Balaban J connectivity index is 2.11. The van der Waals surface area contributed by atoms with Crippen molar-refractivity contribution in [3.63, 3.8) is 0 Å². The zero-order valence-electron chi connectivity index (χ0n) is 9.93. The predicted octanol–water partition coefficient (Wildman–Crippen LogP) is 2.23. The van der Waals surface area contributed by atoms with Gasteiger partial charge in [-0.3, -0.25) is 4.79 Å². The zero-order valence-corrected chi connectivity index (χ0v) is 9.93. The minimum Gasteiger partial charge on any atom is -0.490 e. The summed E-state index contributed by atoms with van der Waals surface area (Å²) in [5, 5.41) is 8.63. The van der Waals surface area contributed by atoms with Gasteiger partial charge in [0.25, 0.3) is 0 Å². The Kier molecular flexibility index (Phi) is 3.81. The Hall–Kier alpha value is -1.62. The van der Waals surface area contributed by atoms with Gasteiger partial charge in [-0.15, -0.1) is 0 Å². The summed E-state index contributed by atoms with van der Waals surface area (Å²) in [5.74, 6) is -0.734. The number of carboxylic acid groups (broad SMARTS) is 1. The summed E-state index contributed by atoms with van der Waals surface area (Å²) in [6, 6.07) is 3.68. The van der Waals surface area contributed by atoms with Gasteiger partial charge in [-0.25, -0.2) is 4.39 Å². The van der Waals surface area contributed by atoms with Crippen LogP contribution in [0.5, 0.6) is 5.75 Å². The molecule has 4 nitrogen and oxygen atoms in total. The monoisotopic (exact) mass is 253 g/mol. The van der Waals surface area contributed by atoms with Crippen molar-refractivity contribution in [3.05, 3.63) is 29.6 Å². The molecule has 3 N–H and O–H groups in total. The number of rotatable bonds is 6. The molecule has 5 heteroatoms. The highest BCUT2D eigenvalue weighted by Crippen LogP contribution is 2.33. The SMILES string of the molecule is NC(CCC(=O)O)c1cc(F)ccc1OC1CC1. The lowest BCUT2D eigenvalue weighted by Crippen LogP contribution is -2.14. The number of hydrogen-bond acceptors (Lipinski definition) is 3. The third kappa shape index (κ3) is 3.43. The molecular weight excluding hydrogens is 237 g/mol. The number of hydrogen-bond donors (Lipinski definition) is 2. The van der Waals surface area contributed by atoms with Gasteiger partial charge in [0.15, 0.2) is 0 Å². The van der Waals surface area contributed by atoms with Gasteiger partial charge in [0.05, 0.1) is 6.10 Å². The number of benzene rings is 1. The molecule has 0 aliphatic heterocycles. The Labute approximate surface area is 105 Å². The standard InChI is InChI=1S/C13H16FNO3/c14-8-1-5-12(18-9-2-3-9)10(7-8)11(15)4-6-13(16)17/h1,5,7,9,11H,2-4,6,15H2,(H,16,17). The van der Waals surface area contributed by atoms with E-state index in [4.69, 9.17) is 15.6 Å². The molecule has 18 heavy (non-hydrogen) atoms. The van der Waals surface area contributed by atoms with Crippen molar-refractivity contribution < 1.29 is 19.0 Å². The number of carboxylic acids is 1. The molecule has 0 amide bonds. The molecule has 1 aliphatic carbocycles. The number of halogens is 1.